The highest BCUT2D eigenvalue weighted by Crippen LogP contribution is 2.20. The number of carbonyl (C=O) groups is 1. The molecule has 1 aromatic heterocycles. The Labute approximate surface area is 87.1 Å². The van der Waals surface area contributed by atoms with Gasteiger partial charge in [-0.1, -0.05) is 0 Å². The Morgan fingerprint density at radius 3 is 3.00 bits per heavy atom. The van der Waals surface area contributed by atoms with Crippen molar-refractivity contribution in [3.05, 3.63) is 16.3 Å². The predicted molar refractivity (Wildman–Crippen MR) is 56.9 cm³/mol. The molecule has 78 valence electrons. The zero-order valence-corrected chi connectivity index (χ0v) is 9.06. The van der Waals surface area contributed by atoms with E-state index in [1.54, 1.807) is 18.6 Å². The van der Waals surface area contributed by atoms with Crippen LogP contribution in [0.15, 0.2) is 11.4 Å². The highest BCUT2D eigenvalue weighted by molar-refractivity contribution is 7.12. The molecule has 0 radical (unpaired) electrons. The fraction of sp³-hybridized carbons (Fsp3) is 0.444. The summed E-state index contributed by atoms with van der Waals surface area (Å²) >= 11 is 1.36. The van der Waals surface area contributed by atoms with Gasteiger partial charge in [-0.2, -0.15) is 0 Å². The number of hydrogen-bond acceptors (Lipinski definition) is 4. The van der Waals surface area contributed by atoms with Gasteiger partial charge in [-0.15, -0.1) is 11.3 Å². The van der Waals surface area contributed by atoms with E-state index >= 15 is 0 Å². The molecule has 5 heteroatoms. The monoisotopic (exact) mass is 214 g/mol. The second-order valence-corrected chi connectivity index (χ2v) is 3.87. The first-order valence-electron chi connectivity index (χ1n) is 4.30. The van der Waals surface area contributed by atoms with Gasteiger partial charge in [0, 0.05) is 24.0 Å². The summed E-state index contributed by atoms with van der Waals surface area (Å²) in [5, 5.41) is 4.57. The van der Waals surface area contributed by atoms with Crippen molar-refractivity contribution in [3.8, 4) is 5.75 Å². The Balaban J connectivity index is 2.60. The van der Waals surface area contributed by atoms with Gasteiger partial charge in [0.15, 0.2) is 0 Å². The van der Waals surface area contributed by atoms with E-state index in [1.807, 2.05) is 6.92 Å². The number of nitrogens with one attached hydrogen (secondary N) is 1. The number of carbonyl (C=O) groups excluding carboxylic acids is 1. The maximum atomic E-state index is 11.5. The van der Waals surface area contributed by atoms with Gasteiger partial charge in [-0.3, -0.25) is 4.79 Å². The largest absolute Gasteiger partial charge is 0.496 e. The summed E-state index contributed by atoms with van der Waals surface area (Å²) in [6, 6.07) is 1.71. The molecule has 14 heavy (non-hydrogen) atoms. The van der Waals surface area contributed by atoms with E-state index in [4.69, 9.17) is 10.5 Å². The summed E-state index contributed by atoms with van der Waals surface area (Å²) in [7, 11) is 1.58. The minimum Gasteiger partial charge on any atom is -0.496 e. The molecule has 1 atom stereocenters. The summed E-state index contributed by atoms with van der Waals surface area (Å²) < 4.78 is 4.98. The molecule has 0 aliphatic heterocycles. The summed E-state index contributed by atoms with van der Waals surface area (Å²) in [5.74, 6) is 0.608. The SMILES string of the molecule is COc1csc(C(=O)N[C@@H](C)CN)c1. The number of rotatable bonds is 4. The van der Waals surface area contributed by atoms with Crippen LogP contribution < -0.4 is 15.8 Å². The van der Waals surface area contributed by atoms with Gasteiger partial charge in [0.05, 0.1) is 12.0 Å². The van der Waals surface area contributed by atoms with E-state index in [9.17, 15) is 4.79 Å². The summed E-state index contributed by atoms with van der Waals surface area (Å²) in [5.41, 5.74) is 5.39. The molecular weight excluding hydrogens is 200 g/mol. The van der Waals surface area contributed by atoms with Crippen molar-refractivity contribution in [2.75, 3.05) is 13.7 Å². The van der Waals surface area contributed by atoms with E-state index in [-0.39, 0.29) is 11.9 Å². The lowest BCUT2D eigenvalue weighted by molar-refractivity contribution is 0.0945. The maximum absolute atomic E-state index is 11.5. The van der Waals surface area contributed by atoms with Crippen molar-refractivity contribution in [3.63, 3.8) is 0 Å². The van der Waals surface area contributed by atoms with Gasteiger partial charge in [-0.05, 0) is 6.92 Å². The van der Waals surface area contributed by atoms with E-state index in [2.05, 4.69) is 5.32 Å². The lowest BCUT2D eigenvalue weighted by Gasteiger charge is -2.09. The van der Waals surface area contributed by atoms with Crippen LogP contribution in [-0.4, -0.2) is 25.6 Å². The molecular formula is C9H14N2O2S. The van der Waals surface area contributed by atoms with E-state index in [0.29, 0.717) is 17.2 Å². The zero-order valence-electron chi connectivity index (χ0n) is 8.24. The molecule has 0 bridgehead atoms. The quantitative estimate of drug-likeness (QED) is 0.780. The minimum absolute atomic E-state index is 0.00408. The number of amides is 1. The fourth-order valence-electron chi connectivity index (χ4n) is 0.899. The first-order chi connectivity index (χ1) is 6.67. The van der Waals surface area contributed by atoms with Crippen molar-refractivity contribution in [2.45, 2.75) is 13.0 Å². The van der Waals surface area contributed by atoms with Crippen LogP contribution in [0.3, 0.4) is 0 Å². The van der Waals surface area contributed by atoms with Crippen molar-refractivity contribution in [1.82, 2.24) is 5.32 Å². The Bertz CT molecular complexity index is 312. The molecule has 0 saturated carbocycles. The molecule has 4 nitrogen and oxygen atoms in total. The van der Waals surface area contributed by atoms with Gasteiger partial charge >= 0.3 is 0 Å². The van der Waals surface area contributed by atoms with Crippen LogP contribution in [0.4, 0.5) is 0 Å². The van der Waals surface area contributed by atoms with Crippen molar-refractivity contribution in [2.24, 2.45) is 5.73 Å². The summed E-state index contributed by atoms with van der Waals surface area (Å²) in [6.45, 7) is 2.30. The molecule has 1 amide bonds. The Morgan fingerprint density at radius 1 is 1.79 bits per heavy atom. The molecule has 1 aromatic rings. The maximum Gasteiger partial charge on any atom is 0.261 e. The highest BCUT2D eigenvalue weighted by Gasteiger charge is 2.11. The zero-order chi connectivity index (χ0) is 10.6. The molecule has 0 fully saturated rings. The van der Waals surface area contributed by atoms with E-state index in [1.165, 1.54) is 11.3 Å². The van der Waals surface area contributed by atoms with Gasteiger partial charge in [0.2, 0.25) is 0 Å². The van der Waals surface area contributed by atoms with Gasteiger partial charge in [0.1, 0.15) is 5.75 Å². The molecule has 0 aromatic carbocycles. The van der Waals surface area contributed by atoms with Crippen LogP contribution >= 0.6 is 11.3 Å². The average Bonchev–Trinajstić information content (AvgIpc) is 2.65. The fourth-order valence-corrected chi connectivity index (χ4v) is 1.66. The molecule has 1 rings (SSSR count). The second kappa shape index (κ2) is 4.97. The molecule has 3 N–H and O–H groups in total. The third kappa shape index (κ3) is 2.71. The number of methoxy groups -OCH3 is 1. The predicted octanol–water partition coefficient (Wildman–Crippen LogP) is 0.834. The van der Waals surface area contributed by atoms with Crippen LogP contribution in [0.5, 0.6) is 5.75 Å². The normalized spacial score (nSPS) is 12.2. The second-order valence-electron chi connectivity index (χ2n) is 2.96. The van der Waals surface area contributed by atoms with E-state index < -0.39 is 0 Å². The number of thiophene rings is 1. The Kier molecular flexibility index (Phi) is 3.91. The molecule has 0 unspecified atom stereocenters. The van der Waals surface area contributed by atoms with Gasteiger partial charge in [-0.25, -0.2) is 0 Å². The van der Waals surface area contributed by atoms with Gasteiger partial charge < -0.3 is 15.8 Å². The minimum atomic E-state index is -0.101. The number of ether oxygens (including phenoxy) is 1. The summed E-state index contributed by atoms with van der Waals surface area (Å²) in [6.07, 6.45) is 0. The topological polar surface area (TPSA) is 64.3 Å². The highest BCUT2D eigenvalue weighted by atomic mass is 32.1. The molecule has 0 aliphatic carbocycles. The lowest BCUT2D eigenvalue weighted by Crippen LogP contribution is -2.37. The average molecular weight is 214 g/mol. The molecule has 0 saturated heterocycles. The lowest BCUT2D eigenvalue weighted by atomic mass is 10.3. The van der Waals surface area contributed by atoms with Crippen LogP contribution in [0, 0.1) is 0 Å². The third-order valence-electron chi connectivity index (χ3n) is 1.77. The van der Waals surface area contributed by atoms with Crippen molar-refractivity contribution < 1.29 is 9.53 Å². The Morgan fingerprint density at radius 2 is 2.50 bits per heavy atom. The third-order valence-corrected chi connectivity index (χ3v) is 2.67. The Hall–Kier alpha value is -1.07. The van der Waals surface area contributed by atoms with Crippen molar-refractivity contribution >= 4 is 17.2 Å². The van der Waals surface area contributed by atoms with Gasteiger partial charge in [0.25, 0.3) is 5.91 Å². The van der Waals surface area contributed by atoms with Crippen LogP contribution in [0.1, 0.15) is 16.6 Å². The standard InChI is InChI=1S/C9H14N2O2S/c1-6(4-10)11-9(12)8-3-7(13-2)5-14-8/h3,5-6H,4,10H2,1-2H3,(H,11,12)/t6-/m0/s1. The smallest absolute Gasteiger partial charge is 0.261 e. The number of hydrogen-bond donors (Lipinski definition) is 2. The van der Waals surface area contributed by atoms with Crippen LogP contribution in [0.25, 0.3) is 0 Å². The van der Waals surface area contributed by atoms with Crippen molar-refractivity contribution in [1.29, 1.82) is 0 Å². The van der Waals surface area contributed by atoms with E-state index in [0.717, 1.165) is 0 Å². The van der Waals surface area contributed by atoms with Crippen LogP contribution in [0.2, 0.25) is 0 Å². The molecule has 0 aliphatic rings. The summed E-state index contributed by atoms with van der Waals surface area (Å²) in [4.78, 5) is 12.2. The number of nitrogens with two attached hydrogens (primary N) is 1. The van der Waals surface area contributed by atoms with Crippen LogP contribution in [-0.2, 0) is 0 Å². The molecule has 1 heterocycles. The first-order valence-corrected chi connectivity index (χ1v) is 5.18. The molecule has 0 spiro atoms. The first kappa shape index (κ1) is 11.0.